The van der Waals surface area contributed by atoms with Gasteiger partial charge in [-0.25, -0.2) is 0 Å². The highest BCUT2D eigenvalue weighted by Crippen LogP contribution is 2.24. The molecule has 3 aromatic carbocycles. The second-order valence-corrected chi connectivity index (χ2v) is 6.12. The normalized spacial score (nSPS) is 10.7. The minimum atomic E-state index is 1.21. The molecule has 0 saturated carbocycles. The predicted molar refractivity (Wildman–Crippen MR) is 97.6 cm³/mol. The quantitative estimate of drug-likeness (QED) is 0.349. The van der Waals surface area contributed by atoms with Gasteiger partial charge in [0.15, 0.2) is 0 Å². The minimum absolute atomic E-state index is 1.21. The predicted octanol–water partition coefficient (Wildman–Crippen LogP) is 6.22. The van der Waals surface area contributed by atoms with Gasteiger partial charge in [0.25, 0.3) is 0 Å². The third-order valence-corrected chi connectivity index (χ3v) is 4.67. The first-order valence-electron chi connectivity index (χ1n) is 7.29. The Bertz CT molecular complexity index is 959. The number of thiophene rings is 1. The summed E-state index contributed by atoms with van der Waals surface area (Å²) in [6.07, 6.45) is 0. The lowest BCUT2D eigenvalue weighted by Gasteiger charge is -1.87. The first kappa shape index (κ1) is 13.1. The summed E-state index contributed by atoms with van der Waals surface area (Å²) in [5, 5.41) is 6.07. The van der Waals surface area contributed by atoms with Crippen molar-refractivity contribution in [3.8, 4) is 0 Å². The molecule has 1 nitrogen and oxygen atoms in total. The summed E-state index contributed by atoms with van der Waals surface area (Å²) in [4.78, 5) is 3.38. The third-order valence-electron chi connectivity index (χ3n) is 3.78. The van der Waals surface area contributed by atoms with Crippen molar-refractivity contribution in [2.75, 3.05) is 0 Å². The van der Waals surface area contributed by atoms with Gasteiger partial charge in [-0.05, 0) is 35.0 Å². The van der Waals surface area contributed by atoms with Gasteiger partial charge >= 0.3 is 0 Å². The van der Waals surface area contributed by atoms with Crippen molar-refractivity contribution in [2.45, 2.75) is 0 Å². The number of nitrogens with one attached hydrogen (secondary N) is 1. The smallest absolute Gasteiger partial charge is 0.0464 e. The lowest BCUT2D eigenvalue weighted by atomic mass is 10.2. The number of fused-ring (bicyclic) bond motifs is 4. The van der Waals surface area contributed by atoms with Gasteiger partial charge in [-0.2, -0.15) is 0 Å². The molecular weight excluding hydrogens is 286 g/mol. The SMILES string of the molecule is c1ccc2c(c1)[nH]c1ccccc12.c1ccc2sccc2c1. The summed E-state index contributed by atoms with van der Waals surface area (Å²) < 4.78 is 1.37. The van der Waals surface area contributed by atoms with Gasteiger partial charge in [0.05, 0.1) is 0 Å². The number of hydrogen-bond acceptors (Lipinski definition) is 1. The average Bonchev–Trinajstić information content (AvgIpc) is 3.19. The van der Waals surface area contributed by atoms with E-state index in [0.29, 0.717) is 0 Å². The van der Waals surface area contributed by atoms with E-state index < -0.39 is 0 Å². The number of aromatic nitrogens is 1. The molecule has 0 spiro atoms. The van der Waals surface area contributed by atoms with Crippen molar-refractivity contribution in [3.05, 3.63) is 84.2 Å². The Hall–Kier alpha value is -2.58. The number of hydrogen-bond donors (Lipinski definition) is 1. The molecule has 0 aliphatic carbocycles. The number of para-hydroxylation sites is 2. The molecule has 0 atom stereocenters. The fraction of sp³-hybridized carbons (Fsp3) is 0. The highest BCUT2D eigenvalue weighted by Gasteiger charge is 2.00. The topological polar surface area (TPSA) is 15.8 Å². The van der Waals surface area contributed by atoms with Crippen LogP contribution in [0.3, 0.4) is 0 Å². The lowest BCUT2D eigenvalue weighted by Crippen LogP contribution is -1.62. The highest BCUT2D eigenvalue weighted by atomic mass is 32.1. The highest BCUT2D eigenvalue weighted by molar-refractivity contribution is 7.17. The molecule has 0 aliphatic rings. The molecule has 0 bridgehead atoms. The average molecular weight is 301 g/mol. The minimum Gasteiger partial charge on any atom is -0.355 e. The van der Waals surface area contributed by atoms with E-state index in [1.807, 2.05) is 0 Å². The van der Waals surface area contributed by atoms with Crippen LogP contribution in [0.5, 0.6) is 0 Å². The molecule has 0 radical (unpaired) electrons. The van der Waals surface area contributed by atoms with Gasteiger partial charge in [-0.15, -0.1) is 11.3 Å². The molecule has 0 fully saturated rings. The molecule has 106 valence electrons. The van der Waals surface area contributed by atoms with Gasteiger partial charge in [-0.3, -0.25) is 0 Å². The summed E-state index contributed by atoms with van der Waals surface area (Å²) in [5.41, 5.74) is 2.42. The van der Waals surface area contributed by atoms with Crippen molar-refractivity contribution in [3.63, 3.8) is 0 Å². The summed E-state index contributed by atoms with van der Waals surface area (Å²) in [6.45, 7) is 0. The Balaban J connectivity index is 0.000000122. The molecule has 0 amide bonds. The summed E-state index contributed by atoms with van der Waals surface area (Å²) in [5.74, 6) is 0. The second kappa shape index (κ2) is 5.66. The Morgan fingerprint density at radius 2 is 1.18 bits per heavy atom. The van der Waals surface area contributed by atoms with Crippen LogP contribution in [0, 0.1) is 0 Å². The third kappa shape index (κ3) is 2.38. The van der Waals surface area contributed by atoms with E-state index in [1.54, 1.807) is 11.3 Å². The van der Waals surface area contributed by atoms with Crippen LogP contribution < -0.4 is 0 Å². The van der Waals surface area contributed by atoms with Gasteiger partial charge in [0.1, 0.15) is 0 Å². The summed E-state index contributed by atoms with van der Waals surface area (Å²) in [7, 11) is 0. The van der Waals surface area contributed by atoms with Crippen molar-refractivity contribution in [1.29, 1.82) is 0 Å². The molecule has 0 saturated heterocycles. The fourth-order valence-electron chi connectivity index (χ4n) is 2.71. The van der Waals surface area contributed by atoms with Crippen LogP contribution in [-0.4, -0.2) is 4.98 Å². The molecule has 2 heteroatoms. The zero-order chi connectivity index (χ0) is 14.8. The maximum Gasteiger partial charge on any atom is 0.0464 e. The van der Waals surface area contributed by atoms with Crippen LogP contribution in [0.2, 0.25) is 0 Å². The van der Waals surface area contributed by atoms with Crippen molar-refractivity contribution in [1.82, 2.24) is 4.98 Å². The Morgan fingerprint density at radius 1 is 0.591 bits per heavy atom. The molecule has 5 rings (SSSR count). The van der Waals surface area contributed by atoms with Gasteiger partial charge in [0.2, 0.25) is 0 Å². The maximum absolute atomic E-state index is 3.38. The van der Waals surface area contributed by atoms with E-state index in [1.165, 1.54) is 31.9 Å². The Morgan fingerprint density at radius 3 is 1.86 bits per heavy atom. The Kier molecular flexibility index (Phi) is 3.37. The van der Waals surface area contributed by atoms with Gasteiger partial charge < -0.3 is 4.98 Å². The van der Waals surface area contributed by atoms with E-state index in [4.69, 9.17) is 0 Å². The number of aromatic amines is 1. The van der Waals surface area contributed by atoms with E-state index in [-0.39, 0.29) is 0 Å². The zero-order valence-corrected chi connectivity index (χ0v) is 12.8. The maximum atomic E-state index is 3.38. The molecule has 2 heterocycles. The lowest BCUT2D eigenvalue weighted by molar-refractivity contribution is 1.55. The molecule has 0 aliphatic heterocycles. The summed E-state index contributed by atoms with van der Waals surface area (Å²) >= 11 is 1.79. The zero-order valence-electron chi connectivity index (χ0n) is 12.0. The number of benzene rings is 3. The van der Waals surface area contributed by atoms with Crippen LogP contribution in [0.4, 0.5) is 0 Å². The molecule has 0 unspecified atom stereocenters. The van der Waals surface area contributed by atoms with Crippen LogP contribution >= 0.6 is 11.3 Å². The Labute approximate surface area is 132 Å². The van der Waals surface area contributed by atoms with Crippen LogP contribution in [0.25, 0.3) is 31.9 Å². The van der Waals surface area contributed by atoms with Crippen LogP contribution in [0.1, 0.15) is 0 Å². The van der Waals surface area contributed by atoms with E-state index in [2.05, 4.69) is 89.2 Å². The van der Waals surface area contributed by atoms with Crippen LogP contribution in [0.15, 0.2) is 84.2 Å². The van der Waals surface area contributed by atoms with Crippen molar-refractivity contribution < 1.29 is 0 Å². The number of rotatable bonds is 0. The number of H-pyrrole nitrogens is 1. The molecule has 1 N–H and O–H groups in total. The molecule has 22 heavy (non-hydrogen) atoms. The first-order valence-corrected chi connectivity index (χ1v) is 8.17. The van der Waals surface area contributed by atoms with E-state index in [9.17, 15) is 0 Å². The van der Waals surface area contributed by atoms with Crippen molar-refractivity contribution in [2.24, 2.45) is 0 Å². The monoisotopic (exact) mass is 301 g/mol. The van der Waals surface area contributed by atoms with Gasteiger partial charge in [0, 0.05) is 26.5 Å². The standard InChI is InChI=1S/C12H9N.C8H6S/c1-3-7-11-9(5-1)10-6-2-4-8-12(10)13-11;1-2-4-8-7(3-1)5-6-9-8/h1-8,13H;1-6H. The molecule has 5 aromatic rings. The molecule has 2 aromatic heterocycles. The fourth-order valence-corrected chi connectivity index (χ4v) is 3.50. The van der Waals surface area contributed by atoms with Crippen molar-refractivity contribution >= 4 is 43.2 Å². The molecular formula is C20H15NS. The van der Waals surface area contributed by atoms with Gasteiger partial charge in [-0.1, -0.05) is 54.6 Å². The largest absolute Gasteiger partial charge is 0.355 e. The van der Waals surface area contributed by atoms with E-state index in [0.717, 1.165) is 0 Å². The van der Waals surface area contributed by atoms with Crippen LogP contribution in [-0.2, 0) is 0 Å². The second-order valence-electron chi connectivity index (χ2n) is 5.17. The van der Waals surface area contributed by atoms with E-state index >= 15 is 0 Å². The summed E-state index contributed by atoms with van der Waals surface area (Å²) in [6, 6.07) is 27.3. The first-order chi connectivity index (χ1) is 10.9.